The molecule has 0 radical (unpaired) electrons. The van der Waals surface area contributed by atoms with Crippen molar-refractivity contribution in [3.63, 3.8) is 0 Å². The number of nitrogens with zero attached hydrogens (tertiary/aromatic N) is 2. The van der Waals surface area contributed by atoms with Gasteiger partial charge in [-0.3, -0.25) is 4.98 Å². The molecular weight excluding hydrogens is 536 g/mol. The maximum atomic E-state index is 6.29. The molecule has 2 aromatic heterocycles. The Labute approximate surface area is 254 Å². The average Bonchev–Trinajstić information content (AvgIpc) is 3.47. The molecule has 0 saturated heterocycles. The molecule has 0 N–H and O–H groups in total. The van der Waals surface area contributed by atoms with Crippen LogP contribution in [0.2, 0.25) is 0 Å². The van der Waals surface area contributed by atoms with Gasteiger partial charge >= 0.3 is 0 Å². The lowest BCUT2D eigenvalue weighted by Gasteiger charge is -2.26. The summed E-state index contributed by atoms with van der Waals surface area (Å²) >= 11 is 0. The Morgan fingerprint density at radius 1 is 0.409 bits per heavy atom. The van der Waals surface area contributed by atoms with Crippen molar-refractivity contribution in [3.8, 4) is 11.1 Å². The fourth-order valence-corrected chi connectivity index (χ4v) is 6.57. The predicted octanol–water partition coefficient (Wildman–Crippen LogP) is 11.6. The van der Waals surface area contributed by atoms with Gasteiger partial charge < -0.3 is 9.32 Å². The molecule has 0 amide bonds. The highest BCUT2D eigenvalue weighted by molar-refractivity contribution is 6.18. The number of furan rings is 1. The van der Waals surface area contributed by atoms with Crippen LogP contribution in [0, 0.1) is 0 Å². The predicted molar refractivity (Wildman–Crippen MR) is 184 cm³/mol. The molecule has 0 fully saturated rings. The van der Waals surface area contributed by atoms with E-state index in [1.165, 1.54) is 43.4 Å². The smallest absolute Gasteiger partial charge is 0.138 e. The van der Waals surface area contributed by atoms with Crippen molar-refractivity contribution in [2.45, 2.75) is 0 Å². The average molecular weight is 563 g/mol. The molecule has 0 atom stereocenters. The summed E-state index contributed by atoms with van der Waals surface area (Å²) in [5.41, 5.74) is 7.26. The van der Waals surface area contributed by atoms with Crippen molar-refractivity contribution < 1.29 is 4.42 Å². The van der Waals surface area contributed by atoms with Crippen LogP contribution < -0.4 is 4.90 Å². The second-order valence-electron chi connectivity index (χ2n) is 11.3. The molecule has 0 aliphatic heterocycles. The third-order valence-corrected chi connectivity index (χ3v) is 8.73. The fraction of sp³-hybridized carbons (Fsp3) is 0. The lowest BCUT2D eigenvalue weighted by Crippen LogP contribution is -2.09. The SMILES string of the molecule is c1ccc(-c2ccc(N(c3ccc4c(c3)oc3ccncc34)c3ccc4ccc5c6ccccc6ccc5c4c3)cc2)cc1. The summed E-state index contributed by atoms with van der Waals surface area (Å²) in [4.78, 5) is 6.64. The van der Waals surface area contributed by atoms with Gasteiger partial charge in [-0.15, -0.1) is 0 Å². The Morgan fingerprint density at radius 2 is 1.05 bits per heavy atom. The second-order valence-corrected chi connectivity index (χ2v) is 11.3. The molecule has 9 rings (SSSR count). The van der Waals surface area contributed by atoms with E-state index in [2.05, 4.69) is 149 Å². The van der Waals surface area contributed by atoms with Gasteiger partial charge in [0.1, 0.15) is 11.2 Å². The van der Waals surface area contributed by atoms with Crippen molar-refractivity contribution in [1.82, 2.24) is 4.98 Å². The molecule has 2 heterocycles. The van der Waals surface area contributed by atoms with Crippen molar-refractivity contribution in [1.29, 1.82) is 0 Å². The molecule has 0 aliphatic rings. The second kappa shape index (κ2) is 9.82. The van der Waals surface area contributed by atoms with E-state index in [1.54, 1.807) is 6.20 Å². The van der Waals surface area contributed by atoms with Gasteiger partial charge in [-0.1, -0.05) is 97.1 Å². The van der Waals surface area contributed by atoms with Crippen LogP contribution in [0.4, 0.5) is 17.1 Å². The van der Waals surface area contributed by atoms with Crippen LogP contribution in [-0.4, -0.2) is 4.98 Å². The van der Waals surface area contributed by atoms with Gasteiger partial charge in [0.25, 0.3) is 0 Å². The summed E-state index contributed by atoms with van der Waals surface area (Å²) in [5, 5.41) is 9.58. The Balaban J connectivity index is 1.25. The first-order chi connectivity index (χ1) is 21.8. The minimum Gasteiger partial charge on any atom is -0.456 e. The van der Waals surface area contributed by atoms with Crippen LogP contribution in [0.25, 0.3) is 65.4 Å². The summed E-state index contributed by atoms with van der Waals surface area (Å²) < 4.78 is 6.29. The summed E-state index contributed by atoms with van der Waals surface area (Å²) in [6, 6.07) is 52.1. The first-order valence-corrected chi connectivity index (χ1v) is 14.9. The number of fused-ring (bicyclic) bond motifs is 8. The summed E-state index contributed by atoms with van der Waals surface area (Å²) in [6.07, 6.45) is 3.65. The van der Waals surface area contributed by atoms with Crippen LogP contribution >= 0.6 is 0 Å². The highest BCUT2D eigenvalue weighted by Crippen LogP contribution is 2.41. The molecule has 3 heteroatoms. The molecule has 7 aromatic carbocycles. The Morgan fingerprint density at radius 3 is 1.91 bits per heavy atom. The molecule has 3 nitrogen and oxygen atoms in total. The van der Waals surface area contributed by atoms with Gasteiger partial charge in [-0.25, -0.2) is 0 Å². The highest BCUT2D eigenvalue weighted by atomic mass is 16.3. The normalized spacial score (nSPS) is 11.6. The van der Waals surface area contributed by atoms with E-state index in [1.807, 2.05) is 12.3 Å². The summed E-state index contributed by atoms with van der Waals surface area (Å²) in [5.74, 6) is 0. The third-order valence-electron chi connectivity index (χ3n) is 8.73. The molecule has 0 bridgehead atoms. The largest absolute Gasteiger partial charge is 0.456 e. The molecular formula is C41H26N2O. The molecule has 0 saturated carbocycles. The maximum Gasteiger partial charge on any atom is 0.138 e. The van der Waals surface area contributed by atoms with Crippen molar-refractivity contribution >= 4 is 71.3 Å². The number of benzene rings is 7. The standard InChI is InChI=1S/C41H26N2O/c1-2-6-27(7-3-1)28-10-15-31(16-11-28)43(33-18-21-37-39-26-42-23-22-40(39)44-41(37)25-33)32-17-12-30-14-19-35-34-9-5-4-8-29(34)13-20-36(35)38(30)24-32/h1-26H. The van der Waals surface area contributed by atoms with E-state index in [-0.39, 0.29) is 0 Å². The quantitative estimate of drug-likeness (QED) is 0.200. The van der Waals surface area contributed by atoms with Gasteiger partial charge in [-0.05, 0) is 85.9 Å². The highest BCUT2D eigenvalue weighted by Gasteiger charge is 2.17. The Hall–Kier alpha value is -5.93. The van der Waals surface area contributed by atoms with Gasteiger partial charge in [0.2, 0.25) is 0 Å². The maximum absolute atomic E-state index is 6.29. The first-order valence-electron chi connectivity index (χ1n) is 14.9. The molecule has 0 aliphatic carbocycles. The van der Waals surface area contributed by atoms with Crippen LogP contribution in [0.15, 0.2) is 162 Å². The topological polar surface area (TPSA) is 29.3 Å². The van der Waals surface area contributed by atoms with Crippen molar-refractivity contribution in [2.75, 3.05) is 4.90 Å². The van der Waals surface area contributed by atoms with E-state index in [0.717, 1.165) is 39.0 Å². The number of aromatic nitrogens is 1. The van der Waals surface area contributed by atoms with E-state index in [9.17, 15) is 0 Å². The monoisotopic (exact) mass is 562 g/mol. The first kappa shape index (κ1) is 24.6. The molecule has 206 valence electrons. The zero-order valence-corrected chi connectivity index (χ0v) is 23.8. The minimum absolute atomic E-state index is 0.842. The van der Waals surface area contributed by atoms with Gasteiger partial charge in [0, 0.05) is 46.3 Å². The van der Waals surface area contributed by atoms with Crippen molar-refractivity contribution in [3.05, 3.63) is 158 Å². The number of rotatable bonds is 4. The van der Waals surface area contributed by atoms with Crippen LogP contribution in [0.5, 0.6) is 0 Å². The summed E-state index contributed by atoms with van der Waals surface area (Å²) in [7, 11) is 0. The number of hydrogen-bond acceptors (Lipinski definition) is 3. The number of pyridine rings is 1. The number of anilines is 3. The molecule has 9 aromatic rings. The molecule has 0 unspecified atom stereocenters. The van der Waals surface area contributed by atoms with Gasteiger partial charge in [0.15, 0.2) is 0 Å². The van der Waals surface area contributed by atoms with Crippen LogP contribution in [0.1, 0.15) is 0 Å². The minimum atomic E-state index is 0.842. The molecule has 0 spiro atoms. The fourth-order valence-electron chi connectivity index (χ4n) is 6.57. The van der Waals surface area contributed by atoms with Crippen LogP contribution in [-0.2, 0) is 0 Å². The Kier molecular flexibility index (Phi) is 5.50. The number of hydrogen-bond donors (Lipinski definition) is 0. The van der Waals surface area contributed by atoms with Crippen LogP contribution in [0.3, 0.4) is 0 Å². The zero-order chi connectivity index (χ0) is 29.0. The lowest BCUT2D eigenvalue weighted by molar-refractivity contribution is 0.668. The zero-order valence-electron chi connectivity index (χ0n) is 23.8. The van der Waals surface area contributed by atoms with Crippen molar-refractivity contribution in [2.24, 2.45) is 0 Å². The van der Waals surface area contributed by atoms with Gasteiger partial charge in [-0.2, -0.15) is 0 Å². The van der Waals surface area contributed by atoms with E-state index in [4.69, 9.17) is 4.42 Å². The van der Waals surface area contributed by atoms with E-state index < -0.39 is 0 Å². The molecule has 44 heavy (non-hydrogen) atoms. The third kappa shape index (κ3) is 3.94. The Bertz CT molecular complexity index is 2490. The lowest BCUT2D eigenvalue weighted by atomic mass is 9.96. The van der Waals surface area contributed by atoms with E-state index >= 15 is 0 Å². The summed E-state index contributed by atoms with van der Waals surface area (Å²) in [6.45, 7) is 0. The van der Waals surface area contributed by atoms with Gasteiger partial charge in [0.05, 0.1) is 0 Å². The van der Waals surface area contributed by atoms with E-state index in [0.29, 0.717) is 0 Å².